The van der Waals surface area contributed by atoms with E-state index in [4.69, 9.17) is 9.47 Å². The summed E-state index contributed by atoms with van der Waals surface area (Å²) in [5, 5.41) is 15.2. The third-order valence-corrected chi connectivity index (χ3v) is 3.36. The summed E-state index contributed by atoms with van der Waals surface area (Å²) < 4.78 is 10.5. The molecule has 0 fully saturated rings. The van der Waals surface area contributed by atoms with Crippen molar-refractivity contribution in [3.8, 4) is 11.5 Å². The standard InChI is InChI=1S/C16H22N2O5/c1-10(2)8-18-16(21)15(20)17-6-5-12(19)11-3-4-13-14(7-11)23-9-22-13/h3-4,7,10,12,19H,5-6,8-9H2,1-2H3,(H,17,20)(H,18,21). The first-order valence-corrected chi connectivity index (χ1v) is 7.61. The lowest BCUT2D eigenvalue weighted by Gasteiger charge is -2.12. The Labute approximate surface area is 135 Å². The molecule has 1 atom stereocenters. The minimum atomic E-state index is -0.761. The Kier molecular flexibility index (Phi) is 5.81. The average Bonchev–Trinajstić information content (AvgIpc) is 2.99. The number of hydrogen-bond acceptors (Lipinski definition) is 5. The molecule has 0 aliphatic carbocycles. The van der Waals surface area contributed by atoms with Crippen LogP contribution in [0.1, 0.15) is 31.9 Å². The van der Waals surface area contributed by atoms with Crippen molar-refractivity contribution in [2.75, 3.05) is 19.9 Å². The number of rotatable bonds is 6. The van der Waals surface area contributed by atoms with Gasteiger partial charge in [0.1, 0.15) is 0 Å². The SMILES string of the molecule is CC(C)CNC(=O)C(=O)NCCC(O)c1ccc2c(c1)OCO2. The van der Waals surface area contributed by atoms with E-state index in [0.29, 0.717) is 30.0 Å². The maximum atomic E-state index is 11.6. The molecule has 1 aliphatic rings. The largest absolute Gasteiger partial charge is 0.454 e. The Morgan fingerprint density at radius 1 is 1.17 bits per heavy atom. The molecule has 0 bridgehead atoms. The molecule has 0 saturated carbocycles. The normalized spacial score (nSPS) is 13.7. The van der Waals surface area contributed by atoms with E-state index in [9.17, 15) is 14.7 Å². The highest BCUT2D eigenvalue weighted by atomic mass is 16.7. The molecule has 2 rings (SSSR count). The van der Waals surface area contributed by atoms with E-state index in [0.717, 1.165) is 0 Å². The first-order chi connectivity index (χ1) is 11.0. The van der Waals surface area contributed by atoms with Crippen molar-refractivity contribution >= 4 is 11.8 Å². The van der Waals surface area contributed by atoms with Gasteiger partial charge in [0.2, 0.25) is 6.79 Å². The highest BCUT2D eigenvalue weighted by molar-refractivity contribution is 6.35. The number of amides is 2. The van der Waals surface area contributed by atoms with Crippen LogP contribution in [0.3, 0.4) is 0 Å². The Morgan fingerprint density at radius 3 is 2.61 bits per heavy atom. The minimum Gasteiger partial charge on any atom is -0.454 e. The molecule has 1 aromatic carbocycles. The van der Waals surface area contributed by atoms with Gasteiger partial charge in [-0.2, -0.15) is 0 Å². The van der Waals surface area contributed by atoms with Crippen LogP contribution in [0, 0.1) is 5.92 Å². The summed E-state index contributed by atoms with van der Waals surface area (Å²) >= 11 is 0. The number of carbonyl (C=O) groups excluding carboxylic acids is 2. The van der Waals surface area contributed by atoms with Crippen LogP contribution in [0.5, 0.6) is 11.5 Å². The Balaban J connectivity index is 1.75. The van der Waals surface area contributed by atoms with Gasteiger partial charge in [-0.3, -0.25) is 9.59 Å². The summed E-state index contributed by atoms with van der Waals surface area (Å²) in [6.45, 7) is 4.71. The molecule has 1 heterocycles. The Hall–Kier alpha value is -2.28. The minimum absolute atomic E-state index is 0.177. The van der Waals surface area contributed by atoms with Gasteiger partial charge in [-0.15, -0.1) is 0 Å². The lowest BCUT2D eigenvalue weighted by atomic mass is 10.1. The molecule has 1 aromatic rings. The molecule has 7 nitrogen and oxygen atoms in total. The molecule has 7 heteroatoms. The van der Waals surface area contributed by atoms with Crippen molar-refractivity contribution in [2.24, 2.45) is 5.92 Å². The fraction of sp³-hybridized carbons (Fsp3) is 0.500. The van der Waals surface area contributed by atoms with Gasteiger partial charge in [0.05, 0.1) is 6.10 Å². The molecule has 1 unspecified atom stereocenters. The van der Waals surface area contributed by atoms with Crippen LogP contribution in [-0.2, 0) is 9.59 Å². The second-order valence-corrected chi connectivity index (χ2v) is 5.78. The van der Waals surface area contributed by atoms with Gasteiger partial charge in [0.25, 0.3) is 0 Å². The van der Waals surface area contributed by atoms with Gasteiger partial charge in [-0.1, -0.05) is 19.9 Å². The zero-order valence-electron chi connectivity index (χ0n) is 13.3. The van der Waals surface area contributed by atoms with E-state index >= 15 is 0 Å². The average molecular weight is 322 g/mol. The second kappa shape index (κ2) is 7.82. The van der Waals surface area contributed by atoms with Crippen LogP contribution < -0.4 is 20.1 Å². The van der Waals surface area contributed by atoms with Crippen LogP contribution in [0.2, 0.25) is 0 Å². The van der Waals surface area contributed by atoms with Gasteiger partial charge in [-0.05, 0) is 30.0 Å². The molecule has 0 saturated heterocycles. The zero-order valence-corrected chi connectivity index (χ0v) is 13.3. The van der Waals surface area contributed by atoms with Crippen LogP contribution in [-0.4, -0.2) is 36.8 Å². The first kappa shape index (κ1) is 17.1. The predicted molar refractivity (Wildman–Crippen MR) is 83.0 cm³/mol. The van der Waals surface area contributed by atoms with E-state index in [1.54, 1.807) is 18.2 Å². The van der Waals surface area contributed by atoms with Crippen molar-refractivity contribution in [3.63, 3.8) is 0 Å². The highest BCUT2D eigenvalue weighted by Crippen LogP contribution is 2.34. The molecule has 0 spiro atoms. The van der Waals surface area contributed by atoms with E-state index < -0.39 is 17.9 Å². The summed E-state index contributed by atoms with van der Waals surface area (Å²) in [5.74, 6) is 0.175. The van der Waals surface area contributed by atoms with E-state index in [-0.39, 0.29) is 19.3 Å². The fourth-order valence-electron chi connectivity index (χ4n) is 2.07. The van der Waals surface area contributed by atoms with Crippen molar-refractivity contribution < 1.29 is 24.2 Å². The van der Waals surface area contributed by atoms with E-state index in [1.807, 2.05) is 13.8 Å². The van der Waals surface area contributed by atoms with Crippen molar-refractivity contribution in [1.29, 1.82) is 0 Å². The predicted octanol–water partition coefficient (Wildman–Crippen LogP) is 0.727. The van der Waals surface area contributed by atoms with Crippen LogP contribution in [0.4, 0.5) is 0 Å². The van der Waals surface area contributed by atoms with E-state index in [1.165, 1.54) is 0 Å². The first-order valence-electron chi connectivity index (χ1n) is 7.61. The smallest absolute Gasteiger partial charge is 0.309 e. The zero-order chi connectivity index (χ0) is 16.8. The number of ether oxygens (including phenoxy) is 2. The fourth-order valence-corrected chi connectivity index (χ4v) is 2.07. The lowest BCUT2D eigenvalue weighted by molar-refractivity contribution is -0.139. The van der Waals surface area contributed by atoms with Crippen LogP contribution in [0.25, 0.3) is 0 Å². The number of carbonyl (C=O) groups is 2. The third kappa shape index (κ3) is 4.85. The molecule has 23 heavy (non-hydrogen) atoms. The molecular formula is C16H22N2O5. The summed E-state index contributed by atoms with van der Waals surface area (Å²) in [6.07, 6.45) is -0.466. The number of fused-ring (bicyclic) bond motifs is 1. The van der Waals surface area contributed by atoms with Gasteiger partial charge in [-0.25, -0.2) is 0 Å². The quantitative estimate of drug-likeness (QED) is 0.671. The monoisotopic (exact) mass is 322 g/mol. The van der Waals surface area contributed by atoms with Gasteiger partial charge in [0, 0.05) is 13.1 Å². The lowest BCUT2D eigenvalue weighted by Crippen LogP contribution is -2.41. The van der Waals surface area contributed by atoms with Crippen molar-refractivity contribution in [3.05, 3.63) is 23.8 Å². The third-order valence-electron chi connectivity index (χ3n) is 3.36. The van der Waals surface area contributed by atoms with Gasteiger partial charge < -0.3 is 25.2 Å². The number of aliphatic hydroxyl groups excluding tert-OH is 1. The van der Waals surface area contributed by atoms with Crippen molar-refractivity contribution in [1.82, 2.24) is 10.6 Å². The maximum Gasteiger partial charge on any atom is 0.309 e. The summed E-state index contributed by atoms with van der Waals surface area (Å²) in [5.41, 5.74) is 0.674. The topological polar surface area (TPSA) is 96.9 Å². The molecule has 0 aromatic heterocycles. The van der Waals surface area contributed by atoms with Crippen LogP contribution in [0.15, 0.2) is 18.2 Å². The Morgan fingerprint density at radius 2 is 1.87 bits per heavy atom. The highest BCUT2D eigenvalue weighted by Gasteiger charge is 2.17. The Bertz CT molecular complexity index is 574. The van der Waals surface area contributed by atoms with E-state index in [2.05, 4.69) is 10.6 Å². The molecular weight excluding hydrogens is 300 g/mol. The van der Waals surface area contributed by atoms with Crippen molar-refractivity contribution in [2.45, 2.75) is 26.4 Å². The number of hydrogen-bond donors (Lipinski definition) is 3. The number of nitrogens with one attached hydrogen (secondary N) is 2. The second-order valence-electron chi connectivity index (χ2n) is 5.78. The van der Waals surface area contributed by atoms with Gasteiger partial charge >= 0.3 is 11.8 Å². The molecule has 1 aliphatic heterocycles. The van der Waals surface area contributed by atoms with Crippen LogP contribution >= 0.6 is 0 Å². The molecule has 126 valence electrons. The van der Waals surface area contributed by atoms with Gasteiger partial charge in [0.15, 0.2) is 11.5 Å². The molecule has 3 N–H and O–H groups in total. The summed E-state index contributed by atoms with van der Waals surface area (Å²) in [4.78, 5) is 23.1. The number of aliphatic hydroxyl groups is 1. The molecule has 0 radical (unpaired) electrons. The summed E-state index contributed by atoms with van der Waals surface area (Å²) in [7, 11) is 0. The maximum absolute atomic E-state index is 11.6. The number of benzene rings is 1. The summed E-state index contributed by atoms with van der Waals surface area (Å²) in [6, 6.07) is 5.19. The molecule has 2 amide bonds.